The van der Waals surface area contributed by atoms with Crippen LogP contribution in [0.25, 0.3) is 0 Å². The lowest BCUT2D eigenvalue weighted by atomic mass is 9.83. The fourth-order valence-electron chi connectivity index (χ4n) is 3.75. The Morgan fingerprint density at radius 3 is 2.11 bits per heavy atom. The highest BCUT2D eigenvalue weighted by Gasteiger charge is 2.23. The maximum atomic E-state index is 9.50. The van der Waals surface area contributed by atoms with Gasteiger partial charge in [0, 0.05) is 6.04 Å². The summed E-state index contributed by atoms with van der Waals surface area (Å²) in [7, 11) is 0. The molecule has 0 spiro atoms. The summed E-state index contributed by atoms with van der Waals surface area (Å²) in [5.41, 5.74) is 0. The Morgan fingerprint density at radius 2 is 1.50 bits per heavy atom. The first kappa shape index (κ1) is 14.3. The molecule has 0 amide bonds. The van der Waals surface area contributed by atoms with Gasteiger partial charge in [-0.05, 0) is 69.7 Å². The highest BCUT2D eigenvalue weighted by molar-refractivity contribution is 4.79. The van der Waals surface area contributed by atoms with Gasteiger partial charge in [-0.15, -0.1) is 0 Å². The number of hydrogen-bond acceptors (Lipinski definition) is 2. The molecule has 2 heteroatoms. The van der Waals surface area contributed by atoms with E-state index < -0.39 is 0 Å². The average molecular weight is 253 g/mol. The van der Waals surface area contributed by atoms with Gasteiger partial charge in [0.1, 0.15) is 0 Å². The van der Waals surface area contributed by atoms with E-state index in [0.717, 1.165) is 30.7 Å². The fourth-order valence-corrected chi connectivity index (χ4v) is 3.75. The van der Waals surface area contributed by atoms with Crippen molar-refractivity contribution in [1.29, 1.82) is 0 Å². The minimum Gasteiger partial charge on any atom is -0.393 e. The van der Waals surface area contributed by atoms with E-state index in [0.29, 0.717) is 0 Å². The fraction of sp³-hybridized carbons (Fsp3) is 1.00. The van der Waals surface area contributed by atoms with Crippen molar-refractivity contribution in [2.45, 2.75) is 83.3 Å². The Balaban J connectivity index is 1.57. The molecule has 2 rings (SSSR count). The Kier molecular flexibility index (Phi) is 5.97. The summed E-state index contributed by atoms with van der Waals surface area (Å²) < 4.78 is 0. The predicted molar refractivity (Wildman–Crippen MR) is 76.6 cm³/mol. The molecule has 0 atom stereocenters. The van der Waals surface area contributed by atoms with Crippen LogP contribution < -0.4 is 5.32 Å². The first-order valence-electron chi connectivity index (χ1n) is 8.19. The Bertz CT molecular complexity index is 215. The highest BCUT2D eigenvalue weighted by atomic mass is 16.3. The quantitative estimate of drug-likeness (QED) is 0.786. The molecule has 0 radical (unpaired) electrons. The van der Waals surface area contributed by atoms with Crippen LogP contribution in [0.3, 0.4) is 0 Å². The molecule has 0 unspecified atom stereocenters. The number of nitrogens with one attached hydrogen (secondary N) is 1. The van der Waals surface area contributed by atoms with Gasteiger partial charge in [-0.3, -0.25) is 0 Å². The molecule has 0 bridgehead atoms. The van der Waals surface area contributed by atoms with Crippen molar-refractivity contribution in [3.63, 3.8) is 0 Å². The molecule has 0 aliphatic heterocycles. The summed E-state index contributed by atoms with van der Waals surface area (Å²) >= 11 is 0. The molecular weight excluding hydrogens is 222 g/mol. The van der Waals surface area contributed by atoms with Crippen molar-refractivity contribution in [2.75, 3.05) is 6.54 Å². The molecular formula is C16H31NO. The minimum atomic E-state index is -0.00858. The van der Waals surface area contributed by atoms with E-state index >= 15 is 0 Å². The van der Waals surface area contributed by atoms with Gasteiger partial charge in [-0.1, -0.05) is 19.8 Å². The van der Waals surface area contributed by atoms with E-state index in [1.807, 2.05) is 0 Å². The first-order chi connectivity index (χ1) is 8.78. The third-order valence-electron chi connectivity index (χ3n) is 5.06. The third kappa shape index (κ3) is 4.55. The van der Waals surface area contributed by atoms with E-state index in [-0.39, 0.29) is 6.10 Å². The summed E-state index contributed by atoms with van der Waals surface area (Å²) in [4.78, 5) is 0. The second-order valence-corrected chi connectivity index (χ2v) is 6.59. The van der Waals surface area contributed by atoms with E-state index in [9.17, 15) is 5.11 Å². The summed E-state index contributed by atoms with van der Waals surface area (Å²) in [6, 6.07) is 0.782. The molecule has 2 fully saturated rings. The molecule has 2 saturated carbocycles. The van der Waals surface area contributed by atoms with E-state index in [2.05, 4.69) is 12.2 Å². The standard InChI is InChI=1S/C16H31NO/c1-2-3-13-4-8-15(9-5-13)17-12-14-6-10-16(18)11-7-14/h13-18H,2-12H2,1H3. The zero-order valence-corrected chi connectivity index (χ0v) is 12.0. The maximum absolute atomic E-state index is 9.50. The molecule has 2 N–H and O–H groups in total. The molecule has 2 aliphatic carbocycles. The molecule has 2 aliphatic rings. The van der Waals surface area contributed by atoms with Crippen LogP contribution in [-0.2, 0) is 0 Å². The first-order valence-corrected chi connectivity index (χ1v) is 8.19. The molecule has 0 aromatic rings. The van der Waals surface area contributed by atoms with Crippen LogP contribution in [0, 0.1) is 11.8 Å². The maximum Gasteiger partial charge on any atom is 0.0540 e. The van der Waals surface area contributed by atoms with Gasteiger partial charge in [-0.2, -0.15) is 0 Å². The van der Waals surface area contributed by atoms with Gasteiger partial charge in [0.25, 0.3) is 0 Å². The van der Waals surface area contributed by atoms with Crippen molar-refractivity contribution in [2.24, 2.45) is 11.8 Å². The van der Waals surface area contributed by atoms with Crippen molar-refractivity contribution < 1.29 is 5.11 Å². The Hall–Kier alpha value is -0.0800. The molecule has 0 aromatic heterocycles. The number of hydrogen-bond donors (Lipinski definition) is 2. The zero-order valence-electron chi connectivity index (χ0n) is 12.0. The van der Waals surface area contributed by atoms with Crippen LogP contribution >= 0.6 is 0 Å². The van der Waals surface area contributed by atoms with Crippen molar-refractivity contribution in [3.8, 4) is 0 Å². The molecule has 18 heavy (non-hydrogen) atoms. The highest BCUT2D eigenvalue weighted by Crippen LogP contribution is 2.28. The smallest absolute Gasteiger partial charge is 0.0540 e. The van der Waals surface area contributed by atoms with Crippen LogP contribution in [0.2, 0.25) is 0 Å². The molecule has 0 aromatic carbocycles. The van der Waals surface area contributed by atoms with Crippen LogP contribution in [-0.4, -0.2) is 23.8 Å². The largest absolute Gasteiger partial charge is 0.393 e. The average Bonchev–Trinajstić information content (AvgIpc) is 2.40. The van der Waals surface area contributed by atoms with Gasteiger partial charge in [0.05, 0.1) is 6.10 Å². The molecule has 0 saturated heterocycles. The van der Waals surface area contributed by atoms with Crippen molar-refractivity contribution in [1.82, 2.24) is 5.32 Å². The summed E-state index contributed by atoms with van der Waals surface area (Å²) in [6.45, 7) is 3.50. The SMILES string of the molecule is CCCC1CCC(NCC2CCC(O)CC2)CC1. The van der Waals surface area contributed by atoms with Crippen LogP contribution in [0.4, 0.5) is 0 Å². The zero-order chi connectivity index (χ0) is 12.8. The van der Waals surface area contributed by atoms with Crippen LogP contribution in [0.1, 0.15) is 71.1 Å². The van der Waals surface area contributed by atoms with E-state index in [4.69, 9.17) is 0 Å². The van der Waals surface area contributed by atoms with Crippen LogP contribution in [0.5, 0.6) is 0 Å². The van der Waals surface area contributed by atoms with Crippen molar-refractivity contribution in [3.05, 3.63) is 0 Å². The van der Waals surface area contributed by atoms with Crippen LogP contribution in [0.15, 0.2) is 0 Å². The number of aliphatic hydroxyl groups excluding tert-OH is 1. The summed E-state index contributed by atoms with van der Waals surface area (Å²) in [5.74, 6) is 1.83. The van der Waals surface area contributed by atoms with Gasteiger partial charge in [0.15, 0.2) is 0 Å². The van der Waals surface area contributed by atoms with Crippen molar-refractivity contribution >= 4 is 0 Å². The summed E-state index contributed by atoms with van der Waals surface area (Å²) in [6.07, 6.45) is 12.9. The van der Waals surface area contributed by atoms with Gasteiger partial charge < -0.3 is 10.4 Å². The lowest BCUT2D eigenvalue weighted by Crippen LogP contribution is -2.37. The molecule has 0 heterocycles. The topological polar surface area (TPSA) is 32.3 Å². The Morgan fingerprint density at radius 1 is 0.889 bits per heavy atom. The third-order valence-corrected chi connectivity index (χ3v) is 5.06. The monoisotopic (exact) mass is 253 g/mol. The normalized spacial score (nSPS) is 37.7. The summed E-state index contributed by atoms with van der Waals surface area (Å²) in [5, 5.41) is 13.3. The molecule has 106 valence electrons. The van der Waals surface area contributed by atoms with E-state index in [1.165, 1.54) is 57.9 Å². The Labute approximate surface area is 113 Å². The predicted octanol–water partition coefficient (Wildman–Crippen LogP) is 3.49. The van der Waals surface area contributed by atoms with Gasteiger partial charge in [0.2, 0.25) is 0 Å². The second kappa shape index (κ2) is 7.49. The minimum absolute atomic E-state index is 0.00858. The second-order valence-electron chi connectivity index (χ2n) is 6.59. The number of rotatable bonds is 5. The lowest BCUT2D eigenvalue weighted by Gasteiger charge is -2.32. The van der Waals surface area contributed by atoms with Gasteiger partial charge in [-0.25, -0.2) is 0 Å². The molecule has 2 nitrogen and oxygen atoms in total. The lowest BCUT2D eigenvalue weighted by molar-refractivity contribution is 0.106. The van der Waals surface area contributed by atoms with E-state index in [1.54, 1.807) is 0 Å². The van der Waals surface area contributed by atoms with Gasteiger partial charge >= 0.3 is 0 Å². The number of aliphatic hydroxyl groups is 1.